The van der Waals surface area contributed by atoms with Crippen molar-refractivity contribution in [2.24, 2.45) is 5.92 Å². The van der Waals surface area contributed by atoms with Crippen molar-refractivity contribution >= 4 is 32.7 Å². The summed E-state index contributed by atoms with van der Waals surface area (Å²) >= 11 is 3.52. The molecule has 5 nitrogen and oxygen atoms in total. The molecule has 0 radical (unpaired) electrons. The molecule has 1 aromatic heterocycles. The largest absolute Gasteiger partial charge is 0.465 e. The van der Waals surface area contributed by atoms with Gasteiger partial charge in [0.05, 0.1) is 24.7 Å². The molecule has 0 aliphatic rings. The van der Waals surface area contributed by atoms with E-state index in [2.05, 4.69) is 93.3 Å². The number of carbonyl (C=O) groups excluding carboxylic acids is 1. The van der Waals surface area contributed by atoms with Crippen molar-refractivity contribution in [1.29, 1.82) is 0 Å². The highest BCUT2D eigenvalue weighted by Gasteiger charge is 2.42. The Hall–Kier alpha value is -4.52. The predicted octanol–water partition coefficient (Wildman–Crippen LogP) is 8.45. The van der Waals surface area contributed by atoms with E-state index < -0.39 is 11.1 Å². The van der Waals surface area contributed by atoms with E-state index in [0.717, 1.165) is 38.6 Å². The van der Waals surface area contributed by atoms with Gasteiger partial charge in [-0.2, -0.15) is 0 Å². The van der Waals surface area contributed by atoms with Crippen molar-refractivity contribution in [3.8, 4) is 0 Å². The lowest BCUT2D eigenvalue weighted by molar-refractivity contribution is 0.0279. The Labute approximate surface area is 272 Å². The number of methoxy groups -OCH3 is 1. The minimum atomic E-state index is -1.40. The van der Waals surface area contributed by atoms with Crippen LogP contribution in [-0.2, 0) is 21.2 Å². The number of carbonyl (C=O) groups is 1. The van der Waals surface area contributed by atoms with E-state index in [4.69, 9.17) is 9.72 Å². The quantitative estimate of drug-likeness (QED) is 0.0962. The van der Waals surface area contributed by atoms with Crippen molar-refractivity contribution in [1.82, 2.24) is 9.55 Å². The zero-order chi connectivity index (χ0) is 31.6. The zero-order valence-corrected chi connectivity index (χ0v) is 27.1. The second-order valence-electron chi connectivity index (χ2n) is 11.6. The van der Waals surface area contributed by atoms with Crippen molar-refractivity contribution in [3.05, 3.63) is 173 Å². The SMILES string of the molecule is COC(=O)c1cc2ccc(C(O)(c3cn(C(c4ccccc4)(c4ccccc4)c4ccccc4)cn3)C(C)C)cc2cc1CBr. The lowest BCUT2D eigenvalue weighted by Crippen LogP contribution is -2.37. The van der Waals surface area contributed by atoms with E-state index in [-0.39, 0.29) is 11.9 Å². The number of aromatic nitrogens is 2. The fourth-order valence-corrected chi connectivity index (χ4v) is 6.92. The van der Waals surface area contributed by atoms with Crippen LogP contribution in [0, 0.1) is 5.92 Å². The smallest absolute Gasteiger partial charge is 0.338 e. The van der Waals surface area contributed by atoms with E-state index in [9.17, 15) is 9.90 Å². The minimum absolute atomic E-state index is 0.206. The van der Waals surface area contributed by atoms with Crippen LogP contribution in [-0.4, -0.2) is 27.7 Å². The van der Waals surface area contributed by atoms with Gasteiger partial charge >= 0.3 is 5.97 Å². The Kier molecular flexibility index (Phi) is 8.45. The monoisotopic (exact) mass is 658 g/mol. The number of ether oxygens (including phenoxy) is 1. The summed E-state index contributed by atoms with van der Waals surface area (Å²) in [6.45, 7) is 4.01. The number of imidazole rings is 1. The minimum Gasteiger partial charge on any atom is -0.465 e. The highest BCUT2D eigenvalue weighted by molar-refractivity contribution is 9.08. The third kappa shape index (κ3) is 5.18. The van der Waals surface area contributed by atoms with Crippen LogP contribution in [0.3, 0.4) is 0 Å². The van der Waals surface area contributed by atoms with Gasteiger partial charge in [-0.05, 0) is 62.7 Å². The average molecular weight is 660 g/mol. The van der Waals surface area contributed by atoms with E-state index in [1.807, 2.05) is 74.9 Å². The van der Waals surface area contributed by atoms with Crippen LogP contribution < -0.4 is 0 Å². The first-order chi connectivity index (χ1) is 21.8. The molecule has 226 valence electrons. The fourth-order valence-electron chi connectivity index (χ4n) is 6.46. The number of esters is 1. The molecule has 1 N–H and O–H groups in total. The third-order valence-corrected chi connectivity index (χ3v) is 9.43. The van der Waals surface area contributed by atoms with Crippen molar-refractivity contribution in [3.63, 3.8) is 0 Å². The lowest BCUT2D eigenvalue weighted by Gasteiger charge is -2.37. The number of fused-ring (bicyclic) bond motifs is 1. The Morgan fingerprint density at radius 3 is 1.84 bits per heavy atom. The standard InChI is InChI=1S/C39H35BrN2O3/c1-27(2)39(44,34-20-19-28-23-35(37(43)45-3)30(24-40)21-29(28)22-34)36-25-42(26-41-36)38(31-13-7-4-8-14-31,32-15-9-5-10-16-32)33-17-11-6-12-18-33/h4-23,25-27,44H,24H2,1-3H3. The van der Waals surface area contributed by atoms with Crippen molar-refractivity contribution in [2.75, 3.05) is 7.11 Å². The Balaban J connectivity index is 1.56. The second-order valence-corrected chi connectivity index (χ2v) is 12.2. The zero-order valence-electron chi connectivity index (χ0n) is 25.5. The maximum absolute atomic E-state index is 12.6. The summed E-state index contributed by atoms with van der Waals surface area (Å²) in [4.78, 5) is 17.4. The number of hydrogen-bond donors (Lipinski definition) is 1. The van der Waals surface area contributed by atoms with Gasteiger partial charge in [0.25, 0.3) is 0 Å². The van der Waals surface area contributed by atoms with Crippen LogP contribution in [0.2, 0.25) is 0 Å². The normalized spacial score (nSPS) is 13.1. The number of aliphatic hydroxyl groups is 1. The summed E-state index contributed by atoms with van der Waals surface area (Å²) in [5.74, 6) is -0.582. The van der Waals surface area contributed by atoms with Gasteiger partial charge in [-0.3, -0.25) is 0 Å². The van der Waals surface area contributed by atoms with Gasteiger partial charge in [-0.1, -0.05) is 133 Å². The molecular weight excluding hydrogens is 624 g/mol. The number of halogens is 1. The van der Waals surface area contributed by atoms with Crippen LogP contribution in [0.1, 0.15) is 57.7 Å². The summed E-state index contributed by atoms with van der Waals surface area (Å²) in [5, 5.41) is 14.9. The first-order valence-corrected chi connectivity index (χ1v) is 16.1. The van der Waals surface area contributed by atoms with Gasteiger partial charge < -0.3 is 14.4 Å². The van der Waals surface area contributed by atoms with Crippen LogP contribution in [0.5, 0.6) is 0 Å². The molecule has 0 aliphatic heterocycles. The van der Waals surface area contributed by atoms with Crippen LogP contribution >= 0.6 is 15.9 Å². The fraction of sp³-hybridized carbons (Fsp3) is 0.179. The Bertz CT molecular complexity index is 1840. The molecule has 0 amide bonds. The van der Waals surface area contributed by atoms with E-state index in [0.29, 0.717) is 16.6 Å². The van der Waals surface area contributed by atoms with Gasteiger partial charge in [0.2, 0.25) is 0 Å². The Morgan fingerprint density at radius 2 is 1.36 bits per heavy atom. The molecule has 6 aromatic rings. The highest BCUT2D eigenvalue weighted by atomic mass is 79.9. The van der Waals surface area contributed by atoms with Gasteiger partial charge in [-0.25, -0.2) is 9.78 Å². The Morgan fingerprint density at radius 1 is 0.800 bits per heavy atom. The summed E-state index contributed by atoms with van der Waals surface area (Å²) in [6, 6.07) is 40.9. The van der Waals surface area contributed by atoms with Gasteiger partial charge in [0, 0.05) is 11.5 Å². The average Bonchev–Trinajstić information content (AvgIpc) is 3.59. The first kappa shape index (κ1) is 30.5. The number of alkyl halides is 1. The maximum Gasteiger partial charge on any atom is 0.338 e. The third-order valence-electron chi connectivity index (χ3n) is 8.82. The summed E-state index contributed by atoms with van der Waals surface area (Å²) < 4.78 is 7.14. The van der Waals surface area contributed by atoms with Crippen LogP contribution in [0.15, 0.2) is 134 Å². The highest BCUT2D eigenvalue weighted by Crippen LogP contribution is 2.43. The maximum atomic E-state index is 12.6. The van der Waals surface area contributed by atoms with E-state index in [1.165, 1.54) is 7.11 Å². The second kappa shape index (κ2) is 12.5. The van der Waals surface area contributed by atoms with Gasteiger partial charge in [0.1, 0.15) is 11.1 Å². The van der Waals surface area contributed by atoms with Crippen LogP contribution in [0.4, 0.5) is 0 Å². The molecule has 1 atom stereocenters. The lowest BCUT2D eigenvalue weighted by atomic mass is 9.76. The molecule has 0 fully saturated rings. The number of rotatable bonds is 9. The molecule has 45 heavy (non-hydrogen) atoms. The predicted molar refractivity (Wildman–Crippen MR) is 183 cm³/mol. The van der Waals surface area contributed by atoms with Crippen LogP contribution in [0.25, 0.3) is 10.8 Å². The topological polar surface area (TPSA) is 64.3 Å². The first-order valence-electron chi connectivity index (χ1n) is 15.0. The van der Waals surface area contributed by atoms with Crippen molar-refractivity contribution in [2.45, 2.75) is 30.3 Å². The van der Waals surface area contributed by atoms with Crippen molar-refractivity contribution < 1.29 is 14.6 Å². The molecule has 0 spiro atoms. The molecule has 6 heteroatoms. The number of benzene rings is 5. The molecule has 1 unspecified atom stereocenters. The molecule has 1 heterocycles. The van der Waals surface area contributed by atoms with Gasteiger partial charge in [-0.15, -0.1) is 0 Å². The molecule has 0 saturated carbocycles. The van der Waals surface area contributed by atoms with E-state index >= 15 is 0 Å². The molecular formula is C39H35BrN2O3. The molecule has 5 aromatic carbocycles. The number of nitrogens with zero attached hydrogens (tertiary/aromatic N) is 2. The molecule has 0 aliphatic carbocycles. The summed E-state index contributed by atoms with van der Waals surface area (Å²) in [5.41, 5.74) is 3.71. The number of hydrogen-bond acceptors (Lipinski definition) is 4. The molecule has 0 saturated heterocycles. The van der Waals surface area contributed by atoms with Gasteiger partial charge in [0.15, 0.2) is 0 Å². The summed E-state index contributed by atoms with van der Waals surface area (Å²) in [7, 11) is 1.39. The molecule has 6 rings (SSSR count). The molecule has 0 bridgehead atoms. The summed E-state index contributed by atoms with van der Waals surface area (Å²) in [6.07, 6.45) is 3.82. The van der Waals surface area contributed by atoms with E-state index in [1.54, 1.807) is 0 Å².